The summed E-state index contributed by atoms with van der Waals surface area (Å²) in [6.45, 7) is 0. The lowest BCUT2D eigenvalue weighted by molar-refractivity contribution is 0.0696. The van der Waals surface area contributed by atoms with Crippen LogP contribution in [-0.2, 0) is 10.0 Å². The summed E-state index contributed by atoms with van der Waals surface area (Å²) in [4.78, 5) is 15.5. The molecule has 0 unspecified atom stereocenters. The van der Waals surface area contributed by atoms with Crippen molar-refractivity contribution < 1.29 is 18.3 Å². The van der Waals surface area contributed by atoms with Crippen molar-refractivity contribution in [2.75, 3.05) is 4.72 Å². The second-order valence-electron chi connectivity index (χ2n) is 6.68. The van der Waals surface area contributed by atoms with E-state index in [-0.39, 0.29) is 22.1 Å². The fourth-order valence-corrected chi connectivity index (χ4v) is 5.05. The van der Waals surface area contributed by atoms with E-state index in [2.05, 4.69) is 9.71 Å². The third kappa shape index (κ3) is 3.85. The molecule has 1 aliphatic carbocycles. The van der Waals surface area contributed by atoms with Crippen molar-refractivity contribution in [3.05, 3.63) is 64.0 Å². The highest BCUT2D eigenvalue weighted by Gasteiger charge is 2.31. The molecule has 1 fully saturated rings. The Balaban J connectivity index is 1.82. The van der Waals surface area contributed by atoms with Gasteiger partial charge in [-0.2, -0.15) is 5.26 Å². The topological polar surface area (TPSA) is 120 Å². The maximum atomic E-state index is 13.2. The second kappa shape index (κ2) is 7.31. The molecular formula is C20H15N3O4S2. The summed E-state index contributed by atoms with van der Waals surface area (Å²) in [5.41, 5.74) is 3.78. The molecule has 1 aromatic heterocycles. The number of carboxylic acid groups (broad SMARTS) is 1. The summed E-state index contributed by atoms with van der Waals surface area (Å²) in [6, 6.07) is 10.9. The molecule has 0 aliphatic heterocycles. The summed E-state index contributed by atoms with van der Waals surface area (Å²) in [5.74, 6) is -1.09. The van der Waals surface area contributed by atoms with E-state index in [1.54, 1.807) is 29.1 Å². The van der Waals surface area contributed by atoms with Crippen LogP contribution in [0.3, 0.4) is 0 Å². The third-order valence-electron chi connectivity index (χ3n) is 4.67. The predicted molar refractivity (Wildman–Crippen MR) is 108 cm³/mol. The molecule has 0 bridgehead atoms. The number of nitrogens with one attached hydrogen (secondary N) is 1. The number of benzene rings is 2. The number of hydrogen-bond acceptors (Lipinski definition) is 6. The van der Waals surface area contributed by atoms with E-state index in [9.17, 15) is 23.6 Å². The Kier molecular flexibility index (Phi) is 4.82. The van der Waals surface area contributed by atoms with Gasteiger partial charge in [-0.1, -0.05) is 6.07 Å². The molecule has 3 aromatic rings. The molecule has 0 saturated heterocycles. The maximum absolute atomic E-state index is 13.2. The van der Waals surface area contributed by atoms with Gasteiger partial charge in [0.1, 0.15) is 0 Å². The molecule has 0 radical (unpaired) electrons. The first-order chi connectivity index (χ1) is 13.9. The summed E-state index contributed by atoms with van der Waals surface area (Å²) >= 11 is 1.37. The Morgan fingerprint density at radius 1 is 1.24 bits per heavy atom. The highest BCUT2D eigenvalue weighted by molar-refractivity contribution is 7.92. The first kappa shape index (κ1) is 19.1. The van der Waals surface area contributed by atoms with E-state index < -0.39 is 16.0 Å². The number of thiazole rings is 1. The number of nitriles is 1. The van der Waals surface area contributed by atoms with Crippen molar-refractivity contribution in [3.63, 3.8) is 0 Å². The summed E-state index contributed by atoms with van der Waals surface area (Å²) in [7, 11) is -4.09. The Morgan fingerprint density at radius 3 is 2.66 bits per heavy atom. The van der Waals surface area contributed by atoms with Gasteiger partial charge in [-0.05, 0) is 54.7 Å². The van der Waals surface area contributed by atoms with Crippen molar-refractivity contribution >= 4 is 33.0 Å². The minimum Gasteiger partial charge on any atom is -0.478 e. The number of hydrogen-bond donors (Lipinski definition) is 2. The molecule has 1 aliphatic rings. The normalized spacial score (nSPS) is 13.6. The predicted octanol–water partition coefficient (Wildman–Crippen LogP) is 4.06. The van der Waals surface area contributed by atoms with Gasteiger partial charge < -0.3 is 5.11 Å². The third-order valence-corrected chi connectivity index (χ3v) is 6.68. The number of carboxylic acids is 1. The Bertz CT molecular complexity index is 1240. The first-order valence-electron chi connectivity index (χ1n) is 8.72. The zero-order valence-corrected chi connectivity index (χ0v) is 16.6. The average Bonchev–Trinajstić information content (AvgIpc) is 3.41. The molecular weight excluding hydrogens is 410 g/mol. The SMILES string of the molecule is N#Cc1ccc(-c2cscn2)c(NS(=O)(=O)c2cc(C(=O)O)ccc2C2CC2)c1. The highest BCUT2D eigenvalue weighted by Crippen LogP contribution is 2.43. The number of anilines is 1. The van der Waals surface area contributed by atoms with Crippen LogP contribution in [0.2, 0.25) is 0 Å². The Hall–Kier alpha value is -3.22. The number of aromatic nitrogens is 1. The molecule has 146 valence electrons. The lowest BCUT2D eigenvalue weighted by Gasteiger charge is -2.15. The smallest absolute Gasteiger partial charge is 0.335 e. The van der Waals surface area contributed by atoms with Crippen molar-refractivity contribution in [1.29, 1.82) is 5.26 Å². The average molecular weight is 425 g/mol. The van der Waals surface area contributed by atoms with E-state index in [1.807, 2.05) is 6.07 Å². The van der Waals surface area contributed by atoms with Gasteiger partial charge in [0.25, 0.3) is 10.0 Å². The molecule has 2 aromatic carbocycles. The van der Waals surface area contributed by atoms with Crippen LogP contribution in [0.25, 0.3) is 11.3 Å². The van der Waals surface area contributed by atoms with E-state index >= 15 is 0 Å². The molecule has 2 N–H and O–H groups in total. The van der Waals surface area contributed by atoms with Gasteiger partial charge in [-0.15, -0.1) is 11.3 Å². The molecule has 9 heteroatoms. The van der Waals surface area contributed by atoms with Gasteiger partial charge in [0.15, 0.2) is 0 Å². The van der Waals surface area contributed by atoms with E-state index in [1.165, 1.54) is 29.5 Å². The van der Waals surface area contributed by atoms with Crippen LogP contribution in [0, 0.1) is 11.3 Å². The van der Waals surface area contributed by atoms with Crippen LogP contribution in [-0.4, -0.2) is 24.5 Å². The number of rotatable bonds is 6. The molecule has 1 heterocycles. The molecule has 7 nitrogen and oxygen atoms in total. The minimum atomic E-state index is -4.09. The Labute approximate surface area is 171 Å². The highest BCUT2D eigenvalue weighted by atomic mass is 32.2. The van der Waals surface area contributed by atoms with Gasteiger partial charge in [-0.25, -0.2) is 18.2 Å². The van der Waals surface area contributed by atoms with Crippen LogP contribution in [0.1, 0.15) is 40.2 Å². The number of carbonyl (C=O) groups is 1. The van der Waals surface area contributed by atoms with E-state index in [4.69, 9.17) is 0 Å². The Morgan fingerprint density at radius 2 is 2.03 bits per heavy atom. The number of aromatic carboxylic acids is 1. The summed E-state index contributed by atoms with van der Waals surface area (Å²) in [5, 5.41) is 20.3. The largest absolute Gasteiger partial charge is 0.478 e. The molecule has 1 saturated carbocycles. The maximum Gasteiger partial charge on any atom is 0.335 e. The summed E-state index contributed by atoms with van der Waals surface area (Å²) < 4.78 is 29.0. The van der Waals surface area contributed by atoms with Gasteiger partial charge in [0.2, 0.25) is 0 Å². The lowest BCUT2D eigenvalue weighted by atomic mass is 10.1. The zero-order chi connectivity index (χ0) is 20.6. The van der Waals surface area contributed by atoms with E-state index in [0.717, 1.165) is 12.8 Å². The number of nitrogens with zero attached hydrogens (tertiary/aromatic N) is 2. The molecule has 29 heavy (non-hydrogen) atoms. The van der Waals surface area contributed by atoms with Gasteiger partial charge in [-0.3, -0.25) is 4.72 Å². The quantitative estimate of drug-likeness (QED) is 0.614. The molecule has 4 rings (SSSR count). The number of sulfonamides is 1. The van der Waals surface area contributed by atoms with Gasteiger partial charge >= 0.3 is 5.97 Å². The molecule has 0 amide bonds. The van der Waals surface area contributed by atoms with Crippen LogP contribution < -0.4 is 4.72 Å². The van der Waals surface area contributed by atoms with Crippen LogP contribution in [0.5, 0.6) is 0 Å². The van der Waals surface area contributed by atoms with Crippen LogP contribution in [0.15, 0.2) is 52.2 Å². The van der Waals surface area contributed by atoms with E-state index in [0.29, 0.717) is 22.4 Å². The van der Waals surface area contributed by atoms with Crippen molar-refractivity contribution in [2.24, 2.45) is 0 Å². The fourth-order valence-electron chi connectivity index (χ4n) is 3.10. The van der Waals surface area contributed by atoms with Crippen LogP contribution in [0.4, 0.5) is 5.69 Å². The van der Waals surface area contributed by atoms with Gasteiger partial charge in [0.05, 0.1) is 39.0 Å². The lowest BCUT2D eigenvalue weighted by Crippen LogP contribution is -2.16. The van der Waals surface area contributed by atoms with Gasteiger partial charge in [0, 0.05) is 10.9 Å². The van der Waals surface area contributed by atoms with Crippen molar-refractivity contribution in [1.82, 2.24) is 4.98 Å². The summed E-state index contributed by atoms with van der Waals surface area (Å²) in [6.07, 6.45) is 1.73. The fraction of sp³-hybridized carbons (Fsp3) is 0.150. The zero-order valence-electron chi connectivity index (χ0n) is 15.0. The van der Waals surface area contributed by atoms with Crippen LogP contribution >= 0.6 is 11.3 Å². The monoisotopic (exact) mass is 425 g/mol. The molecule has 0 atom stereocenters. The van der Waals surface area contributed by atoms with Crippen molar-refractivity contribution in [2.45, 2.75) is 23.7 Å². The van der Waals surface area contributed by atoms with Crippen molar-refractivity contribution in [3.8, 4) is 17.3 Å². The first-order valence-corrected chi connectivity index (χ1v) is 11.1. The second-order valence-corrected chi connectivity index (χ2v) is 9.05. The molecule has 0 spiro atoms. The minimum absolute atomic E-state index is 0.0495. The standard InChI is InChI=1S/C20H15N3O4S2/c21-9-12-1-5-16(18-10-28-11-22-18)17(7-12)23-29(26,27)19-8-14(20(24)25)4-6-15(19)13-2-3-13/h1,4-8,10-11,13,23H,2-3H2,(H,24,25).